The maximum atomic E-state index is 12.8. The number of nitrogens with one attached hydrogen (secondary N) is 1. The van der Waals surface area contributed by atoms with Gasteiger partial charge >= 0.3 is 0 Å². The molecule has 0 amide bonds. The summed E-state index contributed by atoms with van der Waals surface area (Å²) in [6.45, 7) is 1.72. The van der Waals surface area contributed by atoms with Crippen molar-refractivity contribution in [2.75, 3.05) is 0 Å². The third-order valence-electron chi connectivity index (χ3n) is 1.74. The number of hydrogen-bond donors (Lipinski definition) is 1. The molecular weight excluding hydrogens is 229 g/mol. The van der Waals surface area contributed by atoms with Crippen LogP contribution in [0.15, 0.2) is 39.2 Å². The highest BCUT2D eigenvalue weighted by Gasteiger charge is 2.03. The van der Waals surface area contributed by atoms with Crippen LogP contribution >= 0.6 is 11.8 Å². The molecule has 2 aromatic heterocycles. The molecule has 82 valence electrons. The Labute approximate surface area is 95.0 Å². The molecule has 0 aliphatic carbocycles. The van der Waals surface area contributed by atoms with Crippen molar-refractivity contribution in [3.8, 4) is 0 Å². The van der Waals surface area contributed by atoms with Crippen LogP contribution in [0.3, 0.4) is 0 Å². The minimum absolute atomic E-state index is 0.230. The Hall–Kier alpha value is -1.69. The Morgan fingerprint density at radius 2 is 2.19 bits per heavy atom. The van der Waals surface area contributed by atoms with Gasteiger partial charge in [0.25, 0.3) is 5.56 Å². The number of pyridine rings is 1. The Kier molecular flexibility index (Phi) is 3.00. The van der Waals surface area contributed by atoms with E-state index in [1.54, 1.807) is 19.1 Å². The van der Waals surface area contributed by atoms with Crippen molar-refractivity contribution in [1.82, 2.24) is 15.0 Å². The molecule has 16 heavy (non-hydrogen) atoms. The van der Waals surface area contributed by atoms with E-state index in [-0.39, 0.29) is 5.56 Å². The standard InChI is InChI=1S/C10H8FN3OS/c1-6-5-8(15)14-10(12-6)16-9-4-2-3-7(11)13-9/h2-5H,1H3,(H,12,14,15). The van der Waals surface area contributed by atoms with E-state index in [0.717, 1.165) is 11.8 Å². The summed E-state index contributed by atoms with van der Waals surface area (Å²) in [7, 11) is 0. The zero-order chi connectivity index (χ0) is 11.5. The molecule has 4 nitrogen and oxygen atoms in total. The third-order valence-corrected chi connectivity index (χ3v) is 2.56. The topological polar surface area (TPSA) is 58.6 Å². The molecule has 0 aliphatic rings. The van der Waals surface area contributed by atoms with Crippen LogP contribution in [0.25, 0.3) is 0 Å². The van der Waals surface area contributed by atoms with Gasteiger partial charge < -0.3 is 4.98 Å². The molecule has 1 N–H and O–H groups in total. The number of rotatable bonds is 2. The van der Waals surface area contributed by atoms with E-state index in [9.17, 15) is 9.18 Å². The van der Waals surface area contributed by atoms with Crippen LogP contribution in [-0.2, 0) is 0 Å². The van der Waals surface area contributed by atoms with Gasteiger partial charge in [0, 0.05) is 11.8 Å². The fraction of sp³-hybridized carbons (Fsp3) is 0.100. The smallest absolute Gasteiger partial charge is 0.251 e. The van der Waals surface area contributed by atoms with Crippen LogP contribution in [0.2, 0.25) is 0 Å². The van der Waals surface area contributed by atoms with Gasteiger partial charge in [0.1, 0.15) is 5.03 Å². The second kappa shape index (κ2) is 4.44. The third kappa shape index (κ3) is 2.66. The van der Waals surface area contributed by atoms with Crippen LogP contribution < -0.4 is 5.56 Å². The van der Waals surface area contributed by atoms with Gasteiger partial charge in [-0.15, -0.1) is 0 Å². The normalized spacial score (nSPS) is 10.4. The van der Waals surface area contributed by atoms with Crippen molar-refractivity contribution in [3.05, 3.63) is 46.3 Å². The van der Waals surface area contributed by atoms with Crippen molar-refractivity contribution in [2.45, 2.75) is 17.1 Å². The molecular formula is C10H8FN3OS. The number of halogens is 1. The van der Waals surface area contributed by atoms with Crippen molar-refractivity contribution in [2.24, 2.45) is 0 Å². The molecule has 0 unspecified atom stereocenters. The van der Waals surface area contributed by atoms with Crippen molar-refractivity contribution in [3.63, 3.8) is 0 Å². The fourth-order valence-electron chi connectivity index (χ4n) is 1.15. The molecule has 0 saturated heterocycles. The first-order chi connectivity index (χ1) is 7.63. The molecule has 2 rings (SSSR count). The molecule has 0 aliphatic heterocycles. The summed E-state index contributed by atoms with van der Waals surface area (Å²) < 4.78 is 12.8. The van der Waals surface area contributed by atoms with Gasteiger partial charge in [-0.3, -0.25) is 4.79 Å². The second-order valence-corrected chi connectivity index (χ2v) is 4.10. The van der Waals surface area contributed by atoms with Crippen LogP contribution in [0.1, 0.15) is 5.69 Å². The highest BCUT2D eigenvalue weighted by molar-refractivity contribution is 7.99. The number of H-pyrrole nitrogens is 1. The van der Waals surface area contributed by atoms with Crippen molar-refractivity contribution in [1.29, 1.82) is 0 Å². The maximum absolute atomic E-state index is 12.8. The van der Waals surface area contributed by atoms with Crippen LogP contribution in [0.5, 0.6) is 0 Å². The Morgan fingerprint density at radius 3 is 2.88 bits per heavy atom. The lowest BCUT2D eigenvalue weighted by Gasteiger charge is -2.00. The zero-order valence-corrected chi connectivity index (χ0v) is 9.21. The summed E-state index contributed by atoms with van der Waals surface area (Å²) in [6, 6.07) is 5.86. The van der Waals surface area contributed by atoms with Gasteiger partial charge in [-0.1, -0.05) is 6.07 Å². The lowest BCUT2D eigenvalue weighted by atomic mass is 10.5. The maximum Gasteiger partial charge on any atom is 0.251 e. The largest absolute Gasteiger partial charge is 0.301 e. The lowest BCUT2D eigenvalue weighted by molar-refractivity contribution is 0.572. The highest BCUT2D eigenvalue weighted by Crippen LogP contribution is 2.21. The predicted molar refractivity (Wildman–Crippen MR) is 57.9 cm³/mol. The highest BCUT2D eigenvalue weighted by atomic mass is 32.2. The number of nitrogens with zero attached hydrogens (tertiary/aromatic N) is 2. The summed E-state index contributed by atoms with van der Waals surface area (Å²) >= 11 is 1.11. The monoisotopic (exact) mass is 237 g/mol. The lowest BCUT2D eigenvalue weighted by Crippen LogP contribution is -2.08. The minimum atomic E-state index is -0.556. The number of aromatic nitrogens is 3. The van der Waals surface area contributed by atoms with Crippen LogP contribution in [-0.4, -0.2) is 15.0 Å². The molecule has 2 aromatic rings. The van der Waals surface area contributed by atoms with E-state index in [4.69, 9.17) is 0 Å². The van der Waals surface area contributed by atoms with E-state index in [1.165, 1.54) is 12.1 Å². The van der Waals surface area contributed by atoms with Gasteiger partial charge in [-0.2, -0.15) is 4.39 Å². The summed E-state index contributed by atoms with van der Waals surface area (Å²) in [5.41, 5.74) is 0.383. The predicted octanol–water partition coefficient (Wildman–Crippen LogP) is 1.76. The quantitative estimate of drug-likeness (QED) is 0.638. The molecule has 6 heteroatoms. The molecule has 0 radical (unpaired) electrons. The van der Waals surface area contributed by atoms with Gasteiger partial charge in [0.2, 0.25) is 5.95 Å². The molecule has 2 heterocycles. The number of aryl methyl sites for hydroxylation is 1. The van der Waals surface area contributed by atoms with E-state index in [0.29, 0.717) is 15.9 Å². The average Bonchev–Trinajstić information content (AvgIpc) is 2.15. The average molecular weight is 237 g/mol. The Bertz CT molecular complexity index is 570. The molecule has 0 aromatic carbocycles. The Morgan fingerprint density at radius 1 is 1.38 bits per heavy atom. The SMILES string of the molecule is Cc1cc(=O)[nH]c(Sc2cccc(F)n2)n1. The van der Waals surface area contributed by atoms with Gasteiger partial charge in [0.05, 0.1) is 0 Å². The number of aromatic amines is 1. The van der Waals surface area contributed by atoms with Crippen LogP contribution in [0.4, 0.5) is 4.39 Å². The van der Waals surface area contributed by atoms with Gasteiger partial charge in [0.15, 0.2) is 5.16 Å². The van der Waals surface area contributed by atoms with Gasteiger partial charge in [-0.25, -0.2) is 9.97 Å². The fourth-order valence-corrected chi connectivity index (χ4v) is 1.96. The van der Waals surface area contributed by atoms with Crippen LogP contribution in [0, 0.1) is 12.9 Å². The second-order valence-electron chi connectivity index (χ2n) is 3.09. The van der Waals surface area contributed by atoms with Crippen molar-refractivity contribution < 1.29 is 4.39 Å². The molecule has 0 bridgehead atoms. The summed E-state index contributed by atoms with van der Waals surface area (Å²) in [5.74, 6) is -0.556. The summed E-state index contributed by atoms with van der Waals surface area (Å²) in [6.07, 6.45) is 0. The summed E-state index contributed by atoms with van der Waals surface area (Å²) in [4.78, 5) is 21.5. The number of hydrogen-bond acceptors (Lipinski definition) is 4. The van der Waals surface area contributed by atoms with E-state index >= 15 is 0 Å². The molecule has 0 atom stereocenters. The van der Waals surface area contributed by atoms with E-state index in [1.807, 2.05) is 0 Å². The molecule has 0 saturated carbocycles. The first-order valence-corrected chi connectivity index (χ1v) is 5.33. The minimum Gasteiger partial charge on any atom is -0.301 e. The molecule has 0 spiro atoms. The summed E-state index contributed by atoms with van der Waals surface area (Å²) in [5, 5.41) is 0.858. The Balaban J connectivity index is 2.30. The first kappa shape index (κ1) is 10.8. The van der Waals surface area contributed by atoms with E-state index in [2.05, 4.69) is 15.0 Å². The zero-order valence-electron chi connectivity index (χ0n) is 8.40. The molecule has 0 fully saturated rings. The van der Waals surface area contributed by atoms with Gasteiger partial charge in [-0.05, 0) is 30.8 Å². The first-order valence-electron chi connectivity index (χ1n) is 4.52. The van der Waals surface area contributed by atoms with E-state index < -0.39 is 5.95 Å². The van der Waals surface area contributed by atoms with Crippen molar-refractivity contribution >= 4 is 11.8 Å².